The van der Waals surface area contributed by atoms with E-state index in [2.05, 4.69) is 28.2 Å². The van der Waals surface area contributed by atoms with E-state index in [1.807, 2.05) is 42.9 Å². The van der Waals surface area contributed by atoms with E-state index in [0.717, 1.165) is 33.9 Å². The molecular weight excluding hydrogens is 248 g/mol. The van der Waals surface area contributed by atoms with Gasteiger partial charge in [0.2, 0.25) is 0 Å². The molecule has 3 nitrogen and oxygen atoms in total. The quantitative estimate of drug-likeness (QED) is 0.704. The molecule has 0 aromatic heterocycles. The Morgan fingerprint density at radius 2 is 2.10 bits per heavy atom. The van der Waals surface area contributed by atoms with Gasteiger partial charge in [-0.2, -0.15) is 0 Å². The van der Waals surface area contributed by atoms with Crippen molar-refractivity contribution in [2.75, 3.05) is 0 Å². The van der Waals surface area contributed by atoms with Crippen molar-refractivity contribution in [1.82, 2.24) is 0 Å². The molecule has 3 heterocycles. The van der Waals surface area contributed by atoms with E-state index in [1.165, 1.54) is 0 Å². The minimum atomic E-state index is -0.354. The molecule has 3 heteroatoms. The van der Waals surface area contributed by atoms with Crippen LogP contribution in [-0.2, 0) is 5.41 Å². The van der Waals surface area contributed by atoms with E-state index in [1.54, 1.807) is 0 Å². The summed E-state index contributed by atoms with van der Waals surface area (Å²) in [7, 11) is 0. The van der Waals surface area contributed by atoms with E-state index in [9.17, 15) is 0 Å². The standard InChI is InChI=1S/C17H10N2O/c1-2-4-14-13(3-1)17-6-8-18-10-12(17)9-11-5-7-19-15(11)16(17)20-14/h1-10H. The molecule has 1 aliphatic carbocycles. The summed E-state index contributed by atoms with van der Waals surface area (Å²) in [6.45, 7) is 0. The third-order valence-electron chi connectivity index (χ3n) is 4.22. The van der Waals surface area contributed by atoms with Crippen LogP contribution in [-0.4, -0.2) is 12.4 Å². The van der Waals surface area contributed by atoms with Gasteiger partial charge in [-0.1, -0.05) is 18.2 Å². The molecule has 0 bridgehead atoms. The van der Waals surface area contributed by atoms with Crippen LogP contribution in [0.25, 0.3) is 0 Å². The molecule has 1 aromatic carbocycles. The van der Waals surface area contributed by atoms with Crippen LogP contribution in [0.2, 0.25) is 0 Å². The van der Waals surface area contributed by atoms with Crippen LogP contribution in [0.1, 0.15) is 5.56 Å². The molecule has 1 aromatic rings. The number of para-hydroxylation sites is 1. The van der Waals surface area contributed by atoms with Crippen LogP contribution >= 0.6 is 0 Å². The molecule has 1 atom stereocenters. The number of allylic oxidation sites excluding steroid dienone is 3. The summed E-state index contributed by atoms with van der Waals surface area (Å²) >= 11 is 0. The van der Waals surface area contributed by atoms with Gasteiger partial charge in [0.05, 0.1) is 0 Å². The monoisotopic (exact) mass is 258 g/mol. The van der Waals surface area contributed by atoms with Crippen molar-refractivity contribution in [3.05, 3.63) is 76.9 Å². The van der Waals surface area contributed by atoms with Crippen molar-refractivity contribution >= 4 is 12.4 Å². The zero-order valence-corrected chi connectivity index (χ0v) is 10.6. The Balaban J connectivity index is 1.92. The molecule has 1 unspecified atom stereocenters. The average Bonchev–Trinajstić information content (AvgIpc) is 3.06. The van der Waals surface area contributed by atoms with Crippen LogP contribution < -0.4 is 4.74 Å². The predicted molar refractivity (Wildman–Crippen MR) is 78.1 cm³/mol. The number of aliphatic imine (C=N–C) groups is 2. The minimum absolute atomic E-state index is 0.354. The van der Waals surface area contributed by atoms with Gasteiger partial charge in [-0.3, -0.25) is 9.98 Å². The third-order valence-corrected chi connectivity index (χ3v) is 4.22. The van der Waals surface area contributed by atoms with Gasteiger partial charge in [-0.25, -0.2) is 0 Å². The largest absolute Gasteiger partial charge is 0.457 e. The maximum absolute atomic E-state index is 6.16. The van der Waals surface area contributed by atoms with E-state index in [0.29, 0.717) is 0 Å². The highest BCUT2D eigenvalue weighted by Crippen LogP contribution is 2.55. The van der Waals surface area contributed by atoms with Crippen molar-refractivity contribution in [3.63, 3.8) is 0 Å². The fraction of sp³-hybridized carbons (Fsp3) is 0.0588. The Morgan fingerprint density at radius 3 is 3.10 bits per heavy atom. The van der Waals surface area contributed by atoms with Crippen LogP contribution in [0.5, 0.6) is 5.75 Å². The Hall–Kier alpha value is -2.68. The summed E-state index contributed by atoms with van der Waals surface area (Å²) in [6, 6.07) is 8.17. The summed E-state index contributed by atoms with van der Waals surface area (Å²) in [4.78, 5) is 8.77. The van der Waals surface area contributed by atoms with Crippen LogP contribution in [0.3, 0.4) is 0 Å². The molecule has 4 aliphatic rings. The highest BCUT2D eigenvalue weighted by Gasteiger charge is 2.51. The first kappa shape index (κ1) is 10.1. The molecule has 20 heavy (non-hydrogen) atoms. The summed E-state index contributed by atoms with van der Waals surface area (Å²) < 4.78 is 6.16. The fourth-order valence-electron chi connectivity index (χ4n) is 3.33. The topological polar surface area (TPSA) is 34.0 Å². The number of ether oxygens (including phenoxy) is 1. The molecule has 0 fully saturated rings. The van der Waals surface area contributed by atoms with Crippen molar-refractivity contribution < 1.29 is 4.74 Å². The first-order valence-electron chi connectivity index (χ1n) is 6.59. The van der Waals surface area contributed by atoms with E-state index < -0.39 is 0 Å². The van der Waals surface area contributed by atoms with Crippen LogP contribution in [0, 0.1) is 0 Å². The molecule has 0 N–H and O–H groups in total. The third kappa shape index (κ3) is 0.990. The number of fused-ring (bicyclic) bond motifs is 2. The maximum Gasteiger partial charge on any atom is 0.149 e. The van der Waals surface area contributed by atoms with Crippen molar-refractivity contribution in [1.29, 1.82) is 0 Å². The Morgan fingerprint density at radius 1 is 1.15 bits per heavy atom. The number of hydrogen-bond acceptors (Lipinski definition) is 3. The van der Waals surface area contributed by atoms with Crippen LogP contribution in [0.4, 0.5) is 0 Å². The zero-order chi connectivity index (χ0) is 13.2. The lowest BCUT2D eigenvalue weighted by Crippen LogP contribution is -2.32. The molecular formula is C17H10N2O. The van der Waals surface area contributed by atoms with Gasteiger partial charge in [-0.05, 0) is 29.9 Å². The van der Waals surface area contributed by atoms with Gasteiger partial charge in [0.25, 0.3) is 0 Å². The molecule has 5 rings (SSSR count). The molecule has 0 saturated carbocycles. The van der Waals surface area contributed by atoms with Gasteiger partial charge in [0.15, 0.2) is 0 Å². The van der Waals surface area contributed by atoms with E-state index in [-0.39, 0.29) is 5.41 Å². The summed E-state index contributed by atoms with van der Waals surface area (Å²) in [5.41, 5.74) is 3.98. The number of hydrogen-bond donors (Lipinski definition) is 0. The SMILES string of the molecule is C1=CC23C(=CC4=CC=NC4=C2Oc2ccccc23)C=N1. The molecule has 0 saturated heterocycles. The first-order chi connectivity index (χ1) is 9.89. The molecule has 0 amide bonds. The average molecular weight is 258 g/mol. The second-order valence-electron chi connectivity index (χ2n) is 5.18. The van der Waals surface area contributed by atoms with Gasteiger partial charge in [-0.15, -0.1) is 0 Å². The fourth-order valence-corrected chi connectivity index (χ4v) is 3.33. The Kier molecular flexibility index (Phi) is 1.65. The molecule has 0 radical (unpaired) electrons. The summed E-state index contributed by atoms with van der Waals surface area (Å²) in [5, 5.41) is 0. The maximum atomic E-state index is 6.16. The lowest BCUT2D eigenvalue weighted by atomic mass is 9.69. The normalized spacial score (nSPS) is 27.4. The highest BCUT2D eigenvalue weighted by atomic mass is 16.5. The van der Waals surface area contributed by atoms with Crippen molar-refractivity contribution in [2.24, 2.45) is 9.98 Å². The summed E-state index contributed by atoms with van der Waals surface area (Å²) in [6.07, 6.45) is 11.9. The zero-order valence-electron chi connectivity index (χ0n) is 10.6. The number of benzene rings is 1. The van der Waals surface area contributed by atoms with Gasteiger partial charge in [0, 0.05) is 29.8 Å². The second-order valence-corrected chi connectivity index (χ2v) is 5.18. The molecule has 94 valence electrons. The molecule has 3 aliphatic heterocycles. The Labute approximate surface area is 116 Å². The Bertz CT molecular complexity index is 836. The van der Waals surface area contributed by atoms with Crippen LogP contribution in [0.15, 0.2) is 81.3 Å². The van der Waals surface area contributed by atoms with Gasteiger partial charge < -0.3 is 4.74 Å². The smallest absolute Gasteiger partial charge is 0.149 e. The van der Waals surface area contributed by atoms with Gasteiger partial charge in [0.1, 0.15) is 22.6 Å². The highest BCUT2D eigenvalue weighted by molar-refractivity contribution is 5.94. The van der Waals surface area contributed by atoms with E-state index in [4.69, 9.17) is 4.74 Å². The van der Waals surface area contributed by atoms with E-state index >= 15 is 0 Å². The van der Waals surface area contributed by atoms with Crippen molar-refractivity contribution in [2.45, 2.75) is 5.41 Å². The minimum Gasteiger partial charge on any atom is -0.457 e. The summed E-state index contributed by atoms with van der Waals surface area (Å²) in [5.74, 6) is 1.81. The predicted octanol–water partition coefficient (Wildman–Crippen LogP) is 3.08. The first-order valence-corrected chi connectivity index (χ1v) is 6.59. The number of nitrogens with zero attached hydrogens (tertiary/aromatic N) is 2. The second kappa shape index (κ2) is 3.25. The lowest BCUT2D eigenvalue weighted by Gasteiger charge is -2.32. The van der Waals surface area contributed by atoms with Gasteiger partial charge >= 0.3 is 0 Å². The molecule has 1 spiro atoms. The number of rotatable bonds is 0. The van der Waals surface area contributed by atoms with Crippen molar-refractivity contribution in [3.8, 4) is 5.75 Å². The lowest BCUT2D eigenvalue weighted by molar-refractivity contribution is 0.408.